The first-order valence-electron chi connectivity index (χ1n) is 5.20. The molecule has 1 heterocycles. The van der Waals surface area contributed by atoms with Crippen LogP contribution in [-0.2, 0) is 4.84 Å². The van der Waals surface area contributed by atoms with Crippen LogP contribution in [-0.4, -0.2) is 35.0 Å². The average molecular weight is 334 g/mol. The van der Waals surface area contributed by atoms with Crippen molar-refractivity contribution in [2.75, 3.05) is 0 Å². The largest absolute Gasteiger partial charge is 0.392 e. The fourth-order valence-corrected chi connectivity index (χ4v) is 1.54. The van der Waals surface area contributed by atoms with E-state index >= 15 is 0 Å². The number of oxime groups is 1. The first-order valence-corrected chi connectivity index (χ1v) is 5.58. The molecule has 0 N–H and O–H groups in total. The van der Waals surface area contributed by atoms with E-state index in [9.17, 15) is 35.1 Å². The topological polar surface area (TPSA) is 21.6 Å². The van der Waals surface area contributed by atoms with Crippen molar-refractivity contribution >= 4 is 17.3 Å². The monoisotopic (exact) mass is 333 g/mol. The molecular formula is C9H8ClF8NO. The number of alkyl halides is 9. The minimum absolute atomic E-state index is 0.0558. The number of rotatable bonds is 5. The third-order valence-electron chi connectivity index (χ3n) is 2.71. The molecule has 2 nitrogen and oxygen atoms in total. The van der Waals surface area contributed by atoms with Crippen molar-refractivity contribution in [1.29, 1.82) is 0 Å². The van der Waals surface area contributed by atoms with Gasteiger partial charge in [-0.05, 0) is 18.0 Å². The summed E-state index contributed by atoms with van der Waals surface area (Å²) in [6.07, 6.45) is -3.58. The summed E-state index contributed by atoms with van der Waals surface area (Å²) in [7, 11) is 0. The van der Waals surface area contributed by atoms with Crippen molar-refractivity contribution < 1.29 is 40.0 Å². The summed E-state index contributed by atoms with van der Waals surface area (Å²) >= 11 is 3.81. The lowest BCUT2D eigenvalue weighted by molar-refractivity contribution is -0.365. The molecule has 0 amide bonds. The summed E-state index contributed by atoms with van der Waals surface area (Å²) in [4.78, 5) is 3.95. The van der Waals surface area contributed by atoms with Crippen LogP contribution in [0.1, 0.15) is 19.8 Å². The van der Waals surface area contributed by atoms with Gasteiger partial charge in [0.2, 0.25) is 6.10 Å². The van der Waals surface area contributed by atoms with Gasteiger partial charge in [-0.2, -0.15) is 35.1 Å². The van der Waals surface area contributed by atoms with Crippen LogP contribution in [0.15, 0.2) is 5.16 Å². The van der Waals surface area contributed by atoms with Crippen LogP contribution < -0.4 is 0 Å². The van der Waals surface area contributed by atoms with Crippen molar-refractivity contribution in [3.8, 4) is 0 Å². The highest BCUT2D eigenvalue weighted by Crippen LogP contribution is 2.55. The Hall–Kier alpha value is -0.800. The van der Waals surface area contributed by atoms with E-state index in [0.717, 1.165) is 0 Å². The maximum Gasteiger partial charge on any atom is 0.392 e. The van der Waals surface area contributed by atoms with Crippen molar-refractivity contribution in [3.05, 3.63) is 0 Å². The summed E-state index contributed by atoms with van der Waals surface area (Å²) < 4.78 is 103. The van der Waals surface area contributed by atoms with E-state index in [1.807, 2.05) is 0 Å². The van der Waals surface area contributed by atoms with Crippen molar-refractivity contribution in [2.45, 2.75) is 49.0 Å². The second-order valence-corrected chi connectivity index (χ2v) is 4.55. The second kappa shape index (κ2) is 4.88. The summed E-state index contributed by atoms with van der Waals surface area (Å²) in [5, 5.41) is -2.86. The molecule has 11 heteroatoms. The molecule has 1 aliphatic rings. The summed E-state index contributed by atoms with van der Waals surface area (Å²) in [5.74, 6) is -18.5. The molecule has 118 valence electrons. The average Bonchev–Trinajstić information content (AvgIpc) is 2.75. The maximum absolute atomic E-state index is 13.4. The highest BCUT2D eigenvalue weighted by molar-refractivity contribution is 6.22. The van der Waals surface area contributed by atoms with Gasteiger partial charge in [-0.1, -0.05) is 12.1 Å². The van der Waals surface area contributed by atoms with Crippen molar-refractivity contribution in [3.63, 3.8) is 0 Å². The van der Waals surface area contributed by atoms with E-state index in [0.29, 0.717) is 0 Å². The third-order valence-corrected chi connectivity index (χ3v) is 2.95. The molecule has 0 saturated carbocycles. The van der Waals surface area contributed by atoms with E-state index in [2.05, 4.69) is 21.6 Å². The summed E-state index contributed by atoms with van der Waals surface area (Å²) in [5.41, 5.74) is -0.0774. The minimum Gasteiger partial charge on any atom is -0.385 e. The van der Waals surface area contributed by atoms with Crippen LogP contribution in [0.3, 0.4) is 0 Å². The zero-order valence-corrected chi connectivity index (χ0v) is 10.5. The molecule has 0 aromatic heterocycles. The van der Waals surface area contributed by atoms with Gasteiger partial charge in [0.25, 0.3) is 0 Å². The van der Waals surface area contributed by atoms with E-state index in [4.69, 9.17) is 0 Å². The van der Waals surface area contributed by atoms with Gasteiger partial charge in [-0.3, -0.25) is 0 Å². The highest BCUT2D eigenvalue weighted by atomic mass is 35.5. The number of halogens is 9. The number of nitrogens with zero attached hydrogens (tertiary/aromatic N) is 1. The highest BCUT2D eigenvalue weighted by Gasteiger charge is 2.82. The number of hydrogen-bond donors (Lipinski definition) is 0. The van der Waals surface area contributed by atoms with E-state index in [1.54, 1.807) is 0 Å². The Labute approximate surface area is 112 Å². The Kier molecular flexibility index (Phi) is 4.21. The van der Waals surface area contributed by atoms with Gasteiger partial charge in [0.1, 0.15) is 0 Å². The van der Waals surface area contributed by atoms with Crippen LogP contribution in [0.4, 0.5) is 35.1 Å². The molecule has 1 atom stereocenters. The Bertz CT molecular complexity index is 405. The fraction of sp³-hybridized carbons (Fsp3) is 0.889. The normalized spacial score (nSPS) is 21.7. The van der Waals surface area contributed by atoms with Gasteiger partial charge in [0, 0.05) is 6.42 Å². The van der Waals surface area contributed by atoms with Gasteiger partial charge >= 0.3 is 23.1 Å². The molecule has 0 spiro atoms. The van der Waals surface area contributed by atoms with Gasteiger partial charge in [0.15, 0.2) is 0 Å². The molecular weight excluding hydrogens is 326 g/mol. The van der Waals surface area contributed by atoms with Crippen LogP contribution in [0.5, 0.6) is 0 Å². The Morgan fingerprint density at radius 3 is 1.95 bits per heavy atom. The lowest BCUT2D eigenvalue weighted by atomic mass is 9.96. The lowest BCUT2D eigenvalue weighted by Crippen LogP contribution is -2.64. The molecule has 0 fully saturated rings. The molecule has 0 aliphatic carbocycles. The second-order valence-electron chi connectivity index (χ2n) is 4.08. The quantitative estimate of drug-likeness (QED) is 0.543. The molecule has 0 bridgehead atoms. The molecule has 1 unspecified atom stereocenters. The maximum atomic E-state index is 13.4. The lowest BCUT2D eigenvalue weighted by Gasteiger charge is -2.35. The standard InChI is InChI=1S/C9H8ClF8NO/c1-2-4-3-5(20-19-4)6(11,12)7(13,14)8(15,16)9(10,17)18/h5H,2-3H2,1H3. The first-order chi connectivity index (χ1) is 8.79. The molecule has 1 rings (SSSR count). The molecule has 0 radical (unpaired) electrons. The predicted molar refractivity (Wildman–Crippen MR) is 52.9 cm³/mol. The first kappa shape index (κ1) is 17.3. The summed E-state index contributed by atoms with van der Waals surface area (Å²) in [6.45, 7) is 1.43. The summed E-state index contributed by atoms with van der Waals surface area (Å²) in [6, 6.07) is 0. The zero-order chi connectivity index (χ0) is 16.0. The van der Waals surface area contributed by atoms with Gasteiger partial charge in [0.05, 0.1) is 5.71 Å². The molecule has 20 heavy (non-hydrogen) atoms. The van der Waals surface area contributed by atoms with E-state index in [-0.39, 0.29) is 12.1 Å². The Morgan fingerprint density at radius 2 is 1.60 bits per heavy atom. The Morgan fingerprint density at radius 1 is 1.10 bits per heavy atom. The molecule has 1 aliphatic heterocycles. The SMILES string of the molecule is CCC1=NOC(C(F)(F)C(F)(F)C(F)(F)C(F)(F)Cl)C1. The van der Waals surface area contributed by atoms with Crippen LogP contribution in [0.2, 0.25) is 0 Å². The van der Waals surface area contributed by atoms with E-state index in [1.165, 1.54) is 6.92 Å². The predicted octanol–water partition coefficient (Wildman–Crippen LogP) is 4.28. The number of hydrogen-bond acceptors (Lipinski definition) is 2. The minimum atomic E-state index is -6.47. The fourth-order valence-electron chi connectivity index (χ4n) is 1.42. The van der Waals surface area contributed by atoms with Crippen LogP contribution >= 0.6 is 11.6 Å². The van der Waals surface area contributed by atoms with E-state index < -0.39 is 35.7 Å². The van der Waals surface area contributed by atoms with Crippen molar-refractivity contribution in [2.24, 2.45) is 5.16 Å². The van der Waals surface area contributed by atoms with Crippen molar-refractivity contribution in [1.82, 2.24) is 0 Å². The third kappa shape index (κ3) is 2.42. The van der Waals surface area contributed by atoms with Crippen LogP contribution in [0, 0.1) is 0 Å². The zero-order valence-electron chi connectivity index (χ0n) is 9.75. The van der Waals surface area contributed by atoms with Gasteiger partial charge < -0.3 is 4.84 Å². The molecule has 0 aromatic carbocycles. The van der Waals surface area contributed by atoms with Crippen LogP contribution in [0.25, 0.3) is 0 Å². The van der Waals surface area contributed by atoms with Gasteiger partial charge in [-0.15, -0.1) is 0 Å². The van der Waals surface area contributed by atoms with Gasteiger partial charge in [-0.25, -0.2) is 0 Å². The smallest absolute Gasteiger partial charge is 0.385 e. The Balaban J connectivity index is 3.08. The molecule has 0 saturated heterocycles. The molecule has 0 aromatic rings.